The molecular formula is C29H37F4N5O2S. The second-order valence-corrected chi connectivity index (χ2v) is 13.5. The molecule has 0 aliphatic carbocycles. The van der Waals surface area contributed by atoms with Gasteiger partial charge in [0, 0.05) is 43.5 Å². The normalized spacial score (nSPS) is 20.3. The van der Waals surface area contributed by atoms with Gasteiger partial charge in [0.05, 0.1) is 35.8 Å². The van der Waals surface area contributed by atoms with Crippen molar-refractivity contribution in [3.63, 3.8) is 0 Å². The van der Waals surface area contributed by atoms with E-state index in [2.05, 4.69) is 21.0 Å². The minimum atomic E-state index is -3.69. The Labute approximate surface area is 239 Å². The van der Waals surface area contributed by atoms with Gasteiger partial charge in [-0.3, -0.25) is 18.9 Å². The highest BCUT2D eigenvalue weighted by molar-refractivity contribution is 7.92. The van der Waals surface area contributed by atoms with Crippen LogP contribution in [0, 0.1) is 23.0 Å². The molecule has 2 N–H and O–H groups in total. The van der Waals surface area contributed by atoms with E-state index in [1.165, 1.54) is 39.0 Å². The number of halogens is 4. The predicted molar refractivity (Wildman–Crippen MR) is 152 cm³/mol. The van der Waals surface area contributed by atoms with E-state index in [1.54, 1.807) is 17.9 Å². The Kier molecular flexibility index (Phi) is 9.21. The van der Waals surface area contributed by atoms with Crippen molar-refractivity contribution in [1.82, 2.24) is 9.80 Å². The molecular weight excluding hydrogens is 558 g/mol. The predicted octanol–water partition coefficient (Wildman–Crippen LogP) is 5.14. The van der Waals surface area contributed by atoms with Crippen LogP contribution in [0.25, 0.3) is 0 Å². The van der Waals surface area contributed by atoms with Gasteiger partial charge < -0.3 is 5.32 Å². The molecule has 0 aromatic heterocycles. The Morgan fingerprint density at radius 2 is 1.83 bits per heavy atom. The summed E-state index contributed by atoms with van der Waals surface area (Å²) in [5.41, 5.74) is -0.621. The molecule has 41 heavy (non-hydrogen) atoms. The Morgan fingerprint density at radius 3 is 2.39 bits per heavy atom. The molecule has 2 heterocycles. The number of alkyl halides is 2. The molecule has 2 aromatic carbocycles. The van der Waals surface area contributed by atoms with Gasteiger partial charge in [0.2, 0.25) is 10.0 Å². The molecule has 12 heteroatoms. The molecule has 0 saturated carbocycles. The lowest BCUT2D eigenvalue weighted by Crippen LogP contribution is -2.54. The largest absolute Gasteiger partial charge is 0.380 e. The maximum atomic E-state index is 15.9. The fourth-order valence-electron chi connectivity index (χ4n) is 5.73. The van der Waals surface area contributed by atoms with Gasteiger partial charge in [-0.1, -0.05) is 6.07 Å². The van der Waals surface area contributed by atoms with E-state index in [9.17, 15) is 18.1 Å². The van der Waals surface area contributed by atoms with Crippen LogP contribution in [-0.2, 0) is 16.4 Å². The zero-order chi connectivity index (χ0) is 30.1. The Morgan fingerprint density at radius 1 is 1.17 bits per heavy atom. The summed E-state index contributed by atoms with van der Waals surface area (Å²) in [5.74, 6) is -1.83. The van der Waals surface area contributed by atoms with Crippen LogP contribution in [0.5, 0.6) is 0 Å². The summed E-state index contributed by atoms with van der Waals surface area (Å²) >= 11 is 0. The lowest BCUT2D eigenvalue weighted by Gasteiger charge is -2.44. The van der Waals surface area contributed by atoms with Crippen LogP contribution in [0.15, 0.2) is 24.3 Å². The van der Waals surface area contributed by atoms with Crippen LogP contribution in [0.2, 0.25) is 0 Å². The van der Waals surface area contributed by atoms with E-state index < -0.39 is 46.1 Å². The van der Waals surface area contributed by atoms with Crippen LogP contribution in [0.1, 0.15) is 62.4 Å². The molecule has 0 spiro atoms. The zero-order valence-electron chi connectivity index (χ0n) is 23.8. The van der Waals surface area contributed by atoms with Gasteiger partial charge in [-0.15, -0.1) is 0 Å². The fraction of sp³-hybridized carbons (Fsp3) is 0.552. The average Bonchev–Trinajstić information content (AvgIpc) is 2.85. The average molecular weight is 596 g/mol. The number of benzene rings is 2. The minimum absolute atomic E-state index is 0.0259. The first-order valence-corrected chi connectivity index (χ1v) is 15.5. The number of nitrogens with one attached hydrogen (secondary N) is 2. The molecule has 224 valence electrons. The van der Waals surface area contributed by atoms with Gasteiger partial charge in [0.25, 0.3) is 0 Å². The Balaban J connectivity index is 1.75. The Hall–Kier alpha value is -2.88. The monoisotopic (exact) mass is 595 g/mol. The highest BCUT2D eigenvalue weighted by Gasteiger charge is 2.41. The third-order valence-electron chi connectivity index (χ3n) is 7.65. The molecule has 1 saturated heterocycles. The molecule has 2 atom stereocenters. The van der Waals surface area contributed by atoms with E-state index in [0.29, 0.717) is 37.2 Å². The van der Waals surface area contributed by atoms with E-state index in [0.717, 1.165) is 0 Å². The quantitative estimate of drug-likeness (QED) is 0.350. The minimum Gasteiger partial charge on any atom is -0.380 e. The van der Waals surface area contributed by atoms with Gasteiger partial charge >= 0.3 is 0 Å². The Bertz CT molecular complexity index is 1390. The van der Waals surface area contributed by atoms with Gasteiger partial charge in [-0.25, -0.2) is 21.6 Å². The summed E-state index contributed by atoms with van der Waals surface area (Å²) in [4.78, 5) is 3.75. The van der Waals surface area contributed by atoms with Crippen molar-refractivity contribution in [1.29, 1.82) is 5.26 Å². The molecule has 0 amide bonds. The first-order valence-electron chi connectivity index (χ1n) is 13.8. The number of nitriles is 1. The van der Waals surface area contributed by atoms with E-state index in [4.69, 9.17) is 0 Å². The number of likely N-dealkylation sites (tertiary alicyclic amines) is 1. The smallest absolute Gasteiger partial charge is 0.232 e. The molecule has 2 aliphatic heterocycles. The second kappa shape index (κ2) is 12.2. The lowest BCUT2D eigenvalue weighted by molar-refractivity contribution is 0.0652. The third-order valence-corrected chi connectivity index (χ3v) is 8.94. The highest BCUT2D eigenvalue weighted by atomic mass is 32.2. The van der Waals surface area contributed by atoms with Crippen molar-refractivity contribution in [3.05, 3.63) is 58.2 Å². The SMILES string of the molecule is CCS(=O)(=O)Nc1ccc2c(c1C#N)CC(C)N(CC(C)(C)F)C2c1c(F)cc(NC2CN(CCCF)C2)cc1F. The van der Waals surface area contributed by atoms with Gasteiger partial charge in [-0.05, 0) is 69.9 Å². The summed E-state index contributed by atoms with van der Waals surface area (Å²) < 4.78 is 86.1. The number of sulfonamides is 1. The topological polar surface area (TPSA) is 88.5 Å². The molecule has 2 unspecified atom stereocenters. The molecule has 2 aromatic rings. The van der Waals surface area contributed by atoms with Crippen molar-refractivity contribution < 1.29 is 26.0 Å². The summed E-state index contributed by atoms with van der Waals surface area (Å²) in [6, 6.07) is 5.99. The number of rotatable bonds is 11. The molecule has 0 bridgehead atoms. The van der Waals surface area contributed by atoms with Gasteiger partial charge in [0.15, 0.2) is 0 Å². The number of fused-ring (bicyclic) bond motifs is 1. The molecule has 2 aliphatic rings. The van der Waals surface area contributed by atoms with E-state index >= 15 is 13.2 Å². The molecule has 7 nitrogen and oxygen atoms in total. The highest BCUT2D eigenvalue weighted by Crippen LogP contribution is 2.44. The van der Waals surface area contributed by atoms with E-state index in [1.807, 2.05) is 0 Å². The van der Waals surface area contributed by atoms with Crippen LogP contribution in [-0.4, -0.2) is 74.6 Å². The zero-order valence-corrected chi connectivity index (χ0v) is 24.6. The van der Waals surface area contributed by atoms with Crippen LogP contribution >= 0.6 is 0 Å². The van der Waals surface area contributed by atoms with Crippen molar-refractivity contribution in [3.8, 4) is 6.07 Å². The third kappa shape index (κ3) is 6.96. The maximum Gasteiger partial charge on any atom is 0.232 e. The van der Waals surface area contributed by atoms with Gasteiger partial charge in [-0.2, -0.15) is 5.26 Å². The fourth-order valence-corrected chi connectivity index (χ4v) is 6.38. The van der Waals surface area contributed by atoms with Crippen molar-refractivity contribution >= 4 is 21.4 Å². The number of hydrogen-bond donors (Lipinski definition) is 2. The van der Waals surface area contributed by atoms with Crippen molar-refractivity contribution in [2.75, 3.05) is 48.6 Å². The summed E-state index contributed by atoms with van der Waals surface area (Å²) in [6.07, 6.45) is 0.702. The van der Waals surface area contributed by atoms with Gasteiger partial charge in [0.1, 0.15) is 23.4 Å². The molecule has 0 radical (unpaired) electrons. The number of hydrogen-bond acceptors (Lipinski definition) is 6. The molecule has 1 fully saturated rings. The van der Waals surface area contributed by atoms with Crippen LogP contribution < -0.4 is 10.0 Å². The van der Waals surface area contributed by atoms with Crippen LogP contribution in [0.4, 0.5) is 28.9 Å². The van der Waals surface area contributed by atoms with Crippen LogP contribution in [0.3, 0.4) is 0 Å². The van der Waals surface area contributed by atoms with Crippen molar-refractivity contribution in [2.24, 2.45) is 0 Å². The lowest BCUT2D eigenvalue weighted by atomic mass is 9.81. The number of nitrogens with zero attached hydrogens (tertiary/aromatic N) is 3. The second-order valence-electron chi connectivity index (χ2n) is 11.5. The summed E-state index contributed by atoms with van der Waals surface area (Å²) in [6.45, 7) is 7.44. The van der Waals surface area contributed by atoms with E-state index in [-0.39, 0.29) is 47.3 Å². The first kappa shape index (κ1) is 31.1. The first-order chi connectivity index (χ1) is 19.3. The standard InChI is InChI=1S/C29H37F4N5O2S/c1-5-41(39,40)36-26-8-7-21-22(23(26)14-34)11-18(2)38(17-29(3,4)33)28(21)27-24(31)12-19(13-25(27)32)35-20-15-37(16-20)10-6-9-30/h7-8,12-13,18,20,28,35-36H,5-6,9-11,15-17H2,1-4H3. The molecule has 4 rings (SSSR count). The van der Waals surface area contributed by atoms with Crippen molar-refractivity contribution in [2.45, 2.75) is 64.3 Å². The maximum absolute atomic E-state index is 15.9. The number of anilines is 2. The summed E-state index contributed by atoms with van der Waals surface area (Å²) in [7, 11) is -3.69. The summed E-state index contributed by atoms with van der Waals surface area (Å²) in [5, 5.41) is 13.2.